The lowest BCUT2D eigenvalue weighted by molar-refractivity contribution is 0.448. The number of nitrogens with zero attached hydrogens (tertiary/aromatic N) is 2. The van der Waals surface area contributed by atoms with Gasteiger partial charge in [-0.05, 0) is 12.1 Å². The topological polar surface area (TPSA) is 37.8 Å². The van der Waals surface area contributed by atoms with Crippen molar-refractivity contribution >= 4 is 5.82 Å². The lowest BCUT2D eigenvalue weighted by atomic mass is 10.1. The van der Waals surface area contributed by atoms with Gasteiger partial charge in [0.25, 0.3) is 0 Å². The zero-order chi connectivity index (χ0) is 14.9. The van der Waals surface area contributed by atoms with Gasteiger partial charge in [-0.3, -0.25) is 0 Å². The van der Waals surface area contributed by atoms with Crippen LogP contribution >= 0.6 is 0 Å². The first-order chi connectivity index (χ1) is 9.43. The monoisotopic (exact) mass is 281 g/mol. The predicted molar refractivity (Wildman–Crippen MR) is 71.0 cm³/mol. The van der Waals surface area contributed by atoms with Crippen molar-refractivity contribution in [1.82, 2.24) is 9.97 Å². The standard InChI is InChI=1S/C14H14F3N3/c1-7(2)14-19-10(6-11(18-3)20-14)8-4-5-9(15)13(17)12(8)16/h4-7H,1-3H3,(H,18,19,20). The maximum Gasteiger partial charge on any atom is 0.195 e. The van der Waals surface area contributed by atoms with Crippen LogP contribution in [0.3, 0.4) is 0 Å². The van der Waals surface area contributed by atoms with Crippen molar-refractivity contribution < 1.29 is 13.2 Å². The maximum absolute atomic E-state index is 13.8. The van der Waals surface area contributed by atoms with Gasteiger partial charge in [-0.2, -0.15) is 0 Å². The molecule has 2 rings (SSSR count). The summed E-state index contributed by atoms with van der Waals surface area (Å²) in [6.07, 6.45) is 0. The number of hydrogen-bond donors (Lipinski definition) is 1. The van der Waals surface area contributed by atoms with Gasteiger partial charge < -0.3 is 5.32 Å². The summed E-state index contributed by atoms with van der Waals surface area (Å²) in [6, 6.07) is 3.53. The predicted octanol–water partition coefficient (Wildman–Crippen LogP) is 3.73. The molecule has 0 radical (unpaired) electrons. The molecule has 2 aromatic rings. The Morgan fingerprint density at radius 1 is 1.05 bits per heavy atom. The fourth-order valence-corrected chi connectivity index (χ4v) is 1.71. The van der Waals surface area contributed by atoms with Crippen molar-refractivity contribution in [3.63, 3.8) is 0 Å². The number of aromatic nitrogens is 2. The van der Waals surface area contributed by atoms with Gasteiger partial charge in [-0.1, -0.05) is 13.8 Å². The third-order valence-corrected chi connectivity index (χ3v) is 2.83. The molecule has 0 saturated heterocycles. The summed E-state index contributed by atoms with van der Waals surface area (Å²) in [4.78, 5) is 8.44. The highest BCUT2D eigenvalue weighted by Gasteiger charge is 2.17. The van der Waals surface area contributed by atoms with Crippen LogP contribution in [-0.4, -0.2) is 17.0 Å². The first-order valence-corrected chi connectivity index (χ1v) is 6.14. The van der Waals surface area contributed by atoms with E-state index in [1.807, 2.05) is 13.8 Å². The van der Waals surface area contributed by atoms with Crippen LogP contribution in [0.1, 0.15) is 25.6 Å². The molecule has 0 fully saturated rings. The highest BCUT2D eigenvalue weighted by Crippen LogP contribution is 2.27. The Labute approximate surface area is 114 Å². The van der Waals surface area contributed by atoms with E-state index in [1.54, 1.807) is 7.05 Å². The summed E-state index contributed by atoms with van der Waals surface area (Å²) in [5.41, 5.74) is 0.120. The smallest absolute Gasteiger partial charge is 0.195 e. The van der Waals surface area contributed by atoms with E-state index in [2.05, 4.69) is 15.3 Å². The third-order valence-electron chi connectivity index (χ3n) is 2.83. The SMILES string of the molecule is CNc1cc(-c2ccc(F)c(F)c2F)nc(C(C)C)n1. The van der Waals surface area contributed by atoms with E-state index in [4.69, 9.17) is 0 Å². The Balaban J connectivity index is 2.63. The van der Waals surface area contributed by atoms with Crippen LogP contribution < -0.4 is 5.32 Å². The number of hydrogen-bond acceptors (Lipinski definition) is 3. The Morgan fingerprint density at radius 2 is 1.75 bits per heavy atom. The number of halogens is 3. The van der Waals surface area contributed by atoms with Gasteiger partial charge in [0.1, 0.15) is 11.6 Å². The second-order valence-electron chi connectivity index (χ2n) is 4.62. The molecule has 0 aliphatic rings. The summed E-state index contributed by atoms with van der Waals surface area (Å²) < 4.78 is 40.1. The number of anilines is 1. The van der Waals surface area contributed by atoms with Crippen LogP contribution in [-0.2, 0) is 0 Å². The van der Waals surface area contributed by atoms with Gasteiger partial charge in [0, 0.05) is 24.6 Å². The molecule has 1 aromatic carbocycles. The molecular formula is C14H14F3N3. The van der Waals surface area contributed by atoms with Gasteiger partial charge in [-0.15, -0.1) is 0 Å². The fourth-order valence-electron chi connectivity index (χ4n) is 1.71. The summed E-state index contributed by atoms with van der Waals surface area (Å²) in [7, 11) is 1.66. The second-order valence-corrected chi connectivity index (χ2v) is 4.62. The summed E-state index contributed by atoms with van der Waals surface area (Å²) in [5.74, 6) is -2.97. The van der Waals surface area contributed by atoms with Gasteiger partial charge in [0.05, 0.1) is 5.69 Å². The van der Waals surface area contributed by atoms with Crippen molar-refractivity contribution in [3.8, 4) is 11.3 Å². The normalized spacial score (nSPS) is 10.9. The summed E-state index contributed by atoms with van der Waals surface area (Å²) in [5, 5.41) is 2.84. The molecule has 1 heterocycles. The third kappa shape index (κ3) is 2.59. The number of rotatable bonds is 3. The number of nitrogens with one attached hydrogen (secondary N) is 1. The van der Waals surface area contributed by atoms with Crippen LogP contribution in [0.5, 0.6) is 0 Å². The number of benzene rings is 1. The molecule has 20 heavy (non-hydrogen) atoms. The van der Waals surface area contributed by atoms with Gasteiger partial charge in [0.15, 0.2) is 17.5 Å². The van der Waals surface area contributed by atoms with Crippen LogP contribution in [0.15, 0.2) is 18.2 Å². The molecule has 0 amide bonds. The Morgan fingerprint density at radius 3 is 2.35 bits per heavy atom. The maximum atomic E-state index is 13.8. The molecule has 0 saturated carbocycles. The van der Waals surface area contributed by atoms with Crippen molar-refractivity contribution in [3.05, 3.63) is 41.5 Å². The fraction of sp³-hybridized carbons (Fsp3) is 0.286. The quantitative estimate of drug-likeness (QED) is 0.871. The molecule has 0 unspecified atom stereocenters. The molecule has 0 bridgehead atoms. The molecule has 0 aliphatic heterocycles. The van der Waals surface area contributed by atoms with Gasteiger partial charge >= 0.3 is 0 Å². The van der Waals surface area contributed by atoms with Crippen LogP contribution in [0.4, 0.5) is 19.0 Å². The van der Waals surface area contributed by atoms with Crippen molar-refractivity contribution in [2.75, 3.05) is 12.4 Å². The van der Waals surface area contributed by atoms with E-state index in [9.17, 15) is 13.2 Å². The average molecular weight is 281 g/mol. The first kappa shape index (κ1) is 14.3. The van der Waals surface area contributed by atoms with Gasteiger partial charge in [-0.25, -0.2) is 23.1 Å². The van der Waals surface area contributed by atoms with E-state index in [1.165, 1.54) is 12.1 Å². The molecule has 3 nitrogen and oxygen atoms in total. The van der Waals surface area contributed by atoms with E-state index in [0.29, 0.717) is 11.6 Å². The largest absolute Gasteiger partial charge is 0.373 e. The molecule has 1 N–H and O–H groups in total. The molecule has 0 atom stereocenters. The lowest BCUT2D eigenvalue weighted by Gasteiger charge is -2.11. The van der Waals surface area contributed by atoms with E-state index >= 15 is 0 Å². The van der Waals surface area contributed by atoms with Gasteiger partial charge in [0.2, 0.25) is 0 Å². The van der Waals surface area contributed by atoms with E-state index in [0.717, 1.165) is 6.07 Å². The minimum Gasteiger partial charge on any atom is -0.373 e. The second kappa shape index (κ2) is 5.48. The van der Waals surface area contributed by atoms with Crippen LogP contribution in [0.25, 0.3) is 11.3 Å². The van der Waals surface area contributed by atoms with E-state index < -0.39 is 17.5 Å². The molecule has 6 heteroatoms. The molecule has 106 valence electrons. The Kier molecular flexibility index (Phi) is 3.92. The molecule has 0 spiro atoms. The van der Waals surface area contributed by atoms with Crippen LogP contribution in [0, 0.1) is 17.5 Å². The summed E-state index contributed by atoms with van der Waals surface area (Å²) in [6.45, 7) is 3.78. The zero-order valence-corrected chi connectivity index (χ0v) is 11.3. The minimum atomic E-state index is -1.50. The van der Waals surface area contributed by atoms with Crippen LogP contribution in [0.2, 0.25) is 0 Å². The van der Waals surface area contributed by atoms with Crippen molar-refractivity contribution in [2.24, 2.45) is 0 Å². The molecule has 0 aliphatic carbocycles. The molecular weight excluding hydrogens is 267 g/mol. The van der Waals surface area contributed by atoms with Crippen molar-refractivity contribution in [2.45, 2.75) is 19.8 Å². The first-order valence-electron chi connectivity index (χ1n) is 6.14. The van der Waals surface area contributed by atoms with E-state index in [-0.39, 0.29) is 17.2 Å². The average Bonchev–Trinajstić information content (AvgIpc) is 2.44. The molecule has 1 aromatic heterocycles. The zero-order valence-electron chi connectivity index (χ0n) is 11.3. The van der Waals surface area contributed by atoms with Crippen molar-refractivity contribution in [1.29, 1.82) is 0 Å². The Hall–Kier alpha value is -2.11. The highest BCUT2D eigenvalue weighted by atomic mass is 19.2. The summed E-state index contributed by atoms with van der Waals surface area (Å²) >= 11 is 0. The lowest BCUT2D eigenvalue weighted by Crippen LogP contribution is -2.04. The minimum absolute atomic E-state index is 0.0235. The Bertz CT molecular complexity index is 642. The highest BCUT2D eigenvalue weighted by molar-refractivity contribution is 5.63.